The first kappa shape index (κ1) is 20.8. The Hall–Kier alpha value is -1.55. The molecule has 10 heteroatoms. The molecular weight excluding hydrogens is 351 g/mol. The van der Waals surface area contributed by atoms with Crippen LogP contribution in [0.25, 0.3) is 0 Å². The summed E-state index contributed by atoms with van der Waals surface area (Å²) < 4.78 is 42.9. The minimum absolute atomic E-state index is 0.0114. The lowest BCUT2D eigenvalue weighted by Crippen LogP contribution is -2.47. The van der Waals surface area contributed by atoms with E-state index in [2.05, 4.69) is 15.6 Å². The van der Waals surface area contributed by atoms with E-state index in [0.29, 0.717) is 44.5 Å². The van der Waals surface area contributed by atoms with Crippen LogP contribution >= 0.6 is 0 Å². The summed E-state index contributed by atoms with van der Waals surface area (Å²) in [5, 5.41) is 6.36. The van der Waals surface area contributed by atoms with Gasteiger partial charge in [0.25, 0.3) is 0 Å². The minimum Gasteiger partial charge on any atom is -0.381 e. The summed E-state index contributed by atoms with van der Waals surface area (Å²) in [5.41, 5.74) is 0. The highest BCUT2D eigenvalue weighted by Gasteiger charge is 2.34. The molecule has 2 aliphatic heterocycles. The number of likely N-dealkylation sites (tertiary alicyclic amines) is 1. The molecule has 7 nitrogen and oxygen atoms in total. The maximum atomic E-state index is 12.5. The lowest BCUT2D eigenvalue weighted by atomic mass is 10.1. The molecule has 2 aliphatic rings. The van der Waals surface area contributed by atoms with Crippen LogP contribution in [0.3, 0.4) is 0 Å². The minimum atomic E-state index is -4.19. The molecule has 26 heavy (non-hydrogen) atoms. The van der Waals surface area contributed by atoms with Gasteiger partial charge in [0.15, 0.2) is 5.96 Å². The Labute approximate surface area is 151 Å². The van der Waals surface area contributed by atoms with Crippen LogP contribution in [-0.4, -0.2) is 93.9 Å². The fourth-order valence-corrected chi connectivity index (χ4v) is 2.97. The van der Waals surface area contributed by atoms with Gasteiger partial charge in [-0.25, -0.2) is 4.99 Å². The Balaban J connectivity index is 1.88. The molecule has 0 aromatic rings. The second-order valence-electron chi connectivity index (χ2n) is 7.04. The lowest BCUT2D eigenvalue weighted by molar-refractivity contribution is -0.143. The van der Waals surface area contributed by atoms with Crippen LogP contribution in [0.2, 0.25) is 0 Å². The summed E-state index contributed by atoms with van der Waals surface area (Å²) in [6, 6.07) is -0.127. The zero-order valence-electron chi connectivity index (χ0n) is 15.3. The molecule has 0 aromatic heterocycles. The number of carbonyl (C=O) groups is 1. The van der Waals surface area contributed by atoms with Crippen molar-refractivity contribution in [3.63, 3.8) is 0 Å². The van der Waals surface area contributed by atoms with Gasteiger partial charge in [-0.2, -0.15) is 13.2 Å². The largest absolute Gasteiger partial charge is 0.401 e. The summed E-state index contributed by atoms with van der Waals surface area (Å²) in [4.78, 5) is 18.9. The number of nitrogens with one attached hydrogen (secondary N) is 2. The molecule has 0 saturated carbocycles. The van der Waals surface area contributed by atoms with Gasteiger partial charge < -0.3 is 20.3 Å². The van der Waals surface area contributed by atoms with Gasteiger partial charge in [0.2, 0.25) is 5.91 Å². The summed E-state index contributed by atoms with van der Waals surface area (Å²) >= 11 is 0. The standard InChI is InChI=1S/C16H28F3N5O2/c1-23(2)14(25)8-21-15(20-7-12-4-6-26-10-12)22-13-3-5-24(9-13)11-16(17,18)19/h12-13H,3-11H2,1-2H3,(H2,20,21,22). The first-order valence-electron chi connectivity index (χ1n) is 8.85. The van der Waals surface area contributed by atoms with Gasteiger partial charge in [-0.1, -0.05) is 0 Å². The summed E-state index contributed by atoms with van der Waals surface area (Å²) in [6.07, 6.45) is -2.63. The van der Waals surface area contributed by atoms with E-state index < -0.39 is 12.7 Å². The van der Waals surface area contributed by atoms with E-state index in [4.69, 9.17) is 4.74 Å². The van der Waals surface area contributed by atoms with Crippen LogP contribution in [0.5, 0.6) is 0 Å². The third-order valence-corrected chi connectivity index (χ3v) is 4.47. The van der Waals surface area contributed by atoms with E-state index in [0.717, 1.165) is 13.0 Å². The Morgan fingerprint density at radius 3 is 2.73 bits per heavy atom. The molecule has 0 aromatic carbocycles. The van der Waals surface area contributed by atoms with E-state index in [1.54, 1.807) is 14.1 Å². The highest BCUT2D eigenvalue weighted by atomic mass is 19.4. The molecular formula is C16H28F3N5O2. The van der Waals surface area contributed by atoms with Crippen LogP contribution in [0.4, 0.5) is 13.2 Å². The van der Waals surface area contributed by atoms with Crippen molar-refractivity contribution in [3.05, 3.63) is 0 Å². The summed E-state index contributed by atoms with van der Waals surface area (Å²) in [5.74, 6) is 0.697. The van der Waals surface area contributed by atoms with Crippen molar-refractivity contribution in [2.24, 2.45) is 10.9 Å². The predicted molar refractivity (Wildman–Crippen MR) is 92.0 cm³/mol. The molecule has 0 bridgehead atoms. The molecule has 2 heterocycles. The molecule has 2 unspecified atom stereocenters. The van der Waals surface area contributed by atoms with E-state index in [1.807, 2.05) is 0 Å². The number of rotatable bonds is 6. The SMILES string of the molecule is CN(C)C(=O)CN=C(NCC1CCOC1)NC1CCN(CC(F)(F)F)C1. The number of amides is 1. The molecule has 2 rings (SSSR count). The van der Waals surface area contributed by atoms with Gasteiger partial charge in [-0.3, -0.25) is 9.69 Å². The monoisotopic (exact) mass is 379 g/mol. The normalized spacial score (nSPS) is 24.7. The third-order valence-electron chi connectivity index (χ3n) is 4.47. The average Bonchev–Trinajstić information content (AvgIpc) is 3.19. The maximum absolute atomic E-state index is 12.5. The van der Waals surface area contributed by atoms with Crippen molar-refractivity contribution in [2.45, 2.75) is 25.1 Å². The van der Waals surface area contributed by atoms with E-state index in [9.17, 15) is 18.0 Å². The molecule has 150 valence electrons. The lowest BCUT2D eigenvalue weighted by Gasteiger charge is -2.21. The highest BCUT2D eigenvalue weighted by molar-refractivity contribution is 5.85. The number of hydrogen-bond acceptors (Lipinski definition) is 4. The number of likely N-dealkylation sites (N-methyl/N-ethyl adjacent to an activating group) is 1. The fourth-order valence-electron chi connectivity index (χ4n) is 2.97. The van der Waals surface area contributed by atoms with Gasteiger partial charge >= 0.3 is 6.18 Å². The third kappa shape index (κ3) is 7.36. The van der Waals surface area contributed by atoms with E-state index in [1.165, 1.54) is 9.80 Å². The van der Waals surface area contributed by atoms with Crippen molar-refractivity contribution < 1.29 is 22.7 Å². The maximum Gasteiger partial charge on any atom is 0.401 e. The zero-order chi connectivity index (χ0) is 19.2. The van der Waals surface area contributed by atoms with E-state index >= 15 is 0 Å². The fraction of sp³-hybridized carbons (Fsp3) is 0.875. The number of ether oxygens (including phenoxy) is 1. The van der Waals surface area contributed by atoms with Gasteiger partial charge in [0, 0.05) is 52.3 Å². The van der Waals surface area contributed by atoms with Crippen molar-refractivity contribution in [1.29, 1.82) is 0 Å². The van der Waals surface area contributed by atoms with Crippen molar-refractivity contribution in [1.82, 2.24) is 20.4 Å². The smallest absolute Gasteiger partial charge is 0.381 e. The molecule has 2 fully saturated rings. The Morgan fingerprint density at radius 2 is 2.12 bits per heavy atom. The number of halogens is 3. The summed E-state index contributed by atoms with van der Waals surface area (Å²) in [7, 11) is 3.31. The van der Waals surface area contributed by atoms with Gasteiger partial charge in [-0.05, 0) is 12.8 Å². The van der Waals surface area contributed by atoms with Gasteiger partial charge in [0.1, 0.15) is 6.54 Å². The Kier molecular flexibility index (Phi) is 7.51. The van der Waals surface area contributed by atoms with Crippen LogP contribution < -0.4 is 10.6 Å². The molecule has 2 saturated heterocycles. The summed E-state index contributed by atoms with van der Waals surface area (Å²) in [6.45, 7) is 1.85. The Bertz CT molecular complexity index is 493. The number of hydrogen-bond donors (Lipinski definition) is 2. The van der Waals surface area contributed by atoms with Crippen LogP contribution in [-0.2, 0) is 9.53 Å². The molecule has 0 aliphatic carbocycles. The predicted octanol–water partition coefficient (Wildman–Crippen LogP) is 0.283. The molecule has 1 amide bonds. The van der Waals surface area contributed by atoms with Crippen molar-refractivity contribution >= 4 is 11.9 Å². The highest BCUT2D eigenvalue weighted by Crippen LogP contribution is 2.20. The van der Waals surface area contributed by atoms with Crippen LogP contribution in [0.15, 0.2) is 4.99 Å². The zero-order valence-corrected chi connectivity index (χ0v) is 15.3. The topological polar surface area (TPSA) is 69.2 Å². The quantitative estimate of drug-likeness (QED) is 0.513. The first-order valence-corrected chi connectivity index (χ1v) is 8.85. The Morgan fingerprint density at radius 1 is 1.35 bits per heavy atom. The molecule has 0 radical (unpaired) electrons. The second-order valence-corrected chi connectivity index (χ2v) is 7.04. The van der Waals surface area contributed by atoms with Gasteiger partial charge in [0.05, 0.1) is 13.2 Å². The van der Waals surface area contributed by atoms with E-state index in [-0.39, 0.29) is 18.5 Å². The van der Waals surface area contributed by atoms with Crippen LogP contribution in [0, 0.1) is 5.92 Å². The molecule has 2 atom stereocenters. The number of nitrogens with zero attached hydrogens (tertiary/aromatic N) is 3. The van der Waals surface area contributed by atoms with Crippen molar-refractivity contribution in [2.75, 3.05) is 60.0 Å². The second kappa shape index (κ2) is 9.40. The van der Waals surface area contributed by atoms with Crippen LogP contribution in [0.1, 0.15) is 12.8 Å². The first-order chi connectivity index (χ1) is 12.2. The average molecular weight is 379 g/mol. The molecule has 2 N–H and O–H groups in total. The number of carbonyl (C=O) groups excluding carboxylic acids is 1. The number of guanidine groups is 1. The number of alkyl halides is 3. The van der Waals surface area contributed by atoms with Crippen molar-refractivity contribution in [3.8, 4) is 0 Å². The number of aliphatic imine (C=N–C) groups is 1. The molecule has 0 spiro atoms. The van der Waals surface area contributed by atoms with Gasteiger partial charge in [-0.15, -0.1) is 0 Å².